The summed E-state index contributed by atoms with van der Waals surface area (Å²) in [5.74, 6) is 0.139. The molecule has 4 aromatic rings. The van der Waals surface area contributed by atoms with Crippen molar-refractivity contribution in [2.75, 3.05) is 0 Å². The van der Waals surface area contributed by atoms with Crippen molar-refractivity contribution in [2.24, 2.45) is 0 Å². The second-order valence-electron chi connectivity index (χ2n) is 6.99. The Morgan fingerprint density at radius 3 is 2.52 bits per heavy atom. The maximum Gasteiger partial charge on any atom is 0.200 e. The summed E-state index contributed by atoms with van der Waals surface area (Å²) in [5.41, 5.74) is 3.52. The van der Waals surface area contributed by atoms with Crippen LogP contribution in [0.5, 0.6) is 5.75 Å². The first kappa shape index (κ1) is 17.0. The Bertz CT molecular complexity index is 1390. The largest absolute Gasteiger partial charge is 0.508 e. The molecule has 0 saturated carbocycles. The molecule has 0 bridgehead atoms. The Labute approximate surface area is 166 Å². The Morgan fingerprint density at radius 2 is 1.72 bits per heavy atom. The third-order valence-corrected chi connectivity index (χ3v) is 5.31. The first-order valence-electron chi connectivity index (χ1n) is 9.23. The first-order chi connectivity index (χ1) is 14.2. The number of rotatable bonds is 1. The second-order valence-corrected chi connectivity index (χ2v) is 6.99. The average molecular weight is 377 g/mol. The molecule has 0 fully saturated rings. The number of hydrogen-bond acceptors (Lipinski definition) is 4. The Kier molecular flexibility index (Phi) is 3.82. The fourth-order valence-corrected chi connectivity index (χ4v) is 3.99. The lowest BCUT2D eigenvalue weighted by molar-refractivity contribution is 0.472. The van der Waals surface area contributed by atoms with E-state index in [-0.39, 0.29) is 17.1 Å². The number of aromatic hydroxyl groups is 1. The van der Waals surface area contributed by atoms with E-state index in [9.17, 15) is 15.2 Å². The van der Waals surface area contributed by atoms with Gasteiger partial charge in [-0.05, 0) is 34.9 Å². The average Bonchev–Trinajstić information content (AvgIpc) is 2.89. The summed E-state index contributed by atoms with van der Waals surface area (Å²) in [7, 11) is 0. The van der Waals surface area contributed by atoms with Gasteiger partial charge >= 0.3 is 0 Å². The minimum Gasteiger partial charge on any atom is -0.508 e. The van der Waals surface area contributed by atoms with Crippen molar-refractivity contribution in [3.05, 3.63) is 111 Å². The maximum atomic E-state index is 13.3. The highest BCUT2D eigenvalue weighted by Crippen LogP contribution is 2.41. The van der Waals surface area contributed by atoms with Crippen molar-refractivity contribution in [2.45, 2.75) is 5.92 Å². The SMILES string of the molecule is N#CC1=Cc2c(oc3cc(O)ccc3c2=O)C(c2ccccc2)c2ccccc21. The highest BCUT2D eigenvalue weighted by atomic mass is 16.3. The zero-order valence-corrected chi connectivity index (χ0v) is 15.3. The zero-order valence-electron chi connectivity index (χ0n) is 15.3. The standard InChI is InChI=1S/C25H15NO3/c26-14-16-12-21-24(28)20-11-10-17(27)13-22(20)29-25(21)23(15-6-2-1-3-7-15)19-9-5-4-8-18(16)19/h1-13,23,27H. The molecule has 5 rings (SSSR count). The molecule has 1 aliphatic rings. The van der Waals surface area contributed by atoms with Crippen LogP contribution in [0.25, 0.3) is 22.6 Å². The van der Waals surface area contributed by atoms with Gasteiger partial charge in [-0.25, -0.2) is 0 Å². The minimum atomic E-state index is -0.357. The smallest absolute Gasteiger partial charge is 0.200 e. The van der Waals surface area contributed by atoms with Crippen molar-refractivity contribution in [1.82, 2.24) is 0 Å². The van der Waals surface area contributed by atoms with Gasteiger partial charge in [0.1, 0.15) is 17.1 Å². The molecule has 0 aliphatic heterocycles. The van der Waals surface area contributed by atoms with Gasteiger partial charge in [0.05, 0.1) is 28.5 Å². The van der Waals surface area contributed by atoms with Crippen molar-refractivity contribution in [1.29, 1.82) is 5.26 Å². The van der Waals surface area contributed by atoms with E-state index in [1.165, 1.54) is 12.1 Å². The molecule has 4 heteroatoms. The van der Waals surface area contributed by atoms with E-state index in [0.29, 0.717) is 27.9 Å². The number of fused-ring (bicyclic) bond motifs is 3. The molecule has 1 aliphatic carbocycles. The number of nitrogens with zero attached hydrogens (tertiary/aromatic N) is 1. The van der Waals surface area contributed by atoms with Crippen LogP contribution in [0.3, 0.4) is 0 Å². The van der Waals surface area contributed by atoms with Gasteiger partial charge in [0.2, 0.25) is 0 Å². The van der Waals surface area contributed by atoms with Crippen LogP contribution in [0, 0.1) is 11.3 Å². The van der Waals surface area contributed by atoms with Crippen molar-refractivity contribution in [3.63, 3.8) is 0 Å². The monoisotopic (exact) mass is 377 g/mol. The molecule has 1 N–H and O–H groups in total. The summed E-state index contributed by atoms with van der Waals surface area (Å²) in [6.07, 6.45) is 1.62. The van der Waals surface area contributed by atoms with E-state index in [2.05, 4.69) is 6.07 Å². The lowest BCUT2D eigenvalue weighted by atomic mass is 9.85. The van der Waals surface area contributed by atoms with E-state index >= 15 is 0 Å². The molecule has 0 amide bonds. The summed E-state index contributed by atoms with van der Waals surface area (Å²) in [5, 5.41) is 20.1. The number of hydrogen-bond donors (Lipinski definition) is 1. The molecule has 29 heavy (non-hydrogen) atoms. The highest BCUT2D eigenvalue weighted by molar-refractivity contribution is 5.94. The minimum absolute atomic E-state index is 0.0270. The number of phenols is 1. The Hall–Kier alpha value is -4.10. The Morgan fingerprint density at radius 1 is 0.966 bits per heavy atom. The number of phenolic OH excluding ortho intramolecular Hbond substituents is 1. The van der Waals surface area contributed by atoms with Gasteiger partial charge in [-0.3, -0.25) is 4.79 Å². The summed E-state index contributed by atoms with van der Waals surface area (Å²) in [6, 6.07) is 24.1. The van der Waals surface area contributed by atoms with Crippen LogP contribution in [0.4, 0.5) is 0 Å². The van der Waals surface area contributed by atoms with Crippen LogP contribution in [0.1, 0.15) is 33.9 Å². The van der Waals surface area contributed by atoms with Crippen molar-refractivity contribution in [3.8, 4) is 11.8 Å². The lowest BCUT2D eigenvalue weighted by Gasteiger charge is -2.20. The van der Waals surface area contributed by atoms with Gasteiger partial charge in [0.15, 0.2) is 5.43 Å². The van der Waals surface area contributed by atoms with Crippen LogP contribution >= 0.6 is 0 Å². The fourth-order valence-electron chi connectivity index (χ4n) is 3.99. The fraction of sp³-hybridized carbons (Fsp3) is 0.0400. The second kappa shape index (κ2) is 6.50. The van der Waals surface area contributed by atoms with Crippen molar-refractivity contribution < 1.29 is 9.52 Å². The molecule has 1 atom stereocenters. The molecule has 1 unspecified atom stereocenters. The maximum absolute atomic E-state index is 13.3. The van der Waals surface area contributed by atoms with Crippen LogP contribution in [0.15, 0.2) is 82.0 Å². The van der Waals surface area contributed by atoms with E-state index in [1.54, 1.807) is 12.1 Å². The predicted octanol–water partition coefficient (Wildman–Crippen LogP) is 5.06. The van der Waals surface area contributed by atoms with Crippen LogP contribution in [0.2, 0.25) is 0 Å². The summed E-state index contributed by atoms with van der Waals surface area (Å²) >= 11 is 0. The number of nitriles is 1. The summed E-state index contributed by atoms with van der Waals surface area (Å²) in [6.45, 7) is 0. The van der Waals surface area contributed by atoms with Gasteiger partial charge in [-0.2, -0.15) is 5.26 Å². The highest BCUT2D eigenvalue weighted by Gasteiger charge is 2.30. The van der Waals surface area contributed by atoms with E-state index in [1.807, 2.05) is 54.6 Å². The van der Waals surface area contributed by atoms with Gasteiger partial charge in [-0.1, -0.05) is 54.6 Å². The van der Waals surface area contributed by atoms with E-state index in [4.69, 9.17) is 4.42 Å². The van der Waals surface area contributed by atoms with E-state index < -0.39 is 0 Å². The van der Waals surface area contributed by atoms with Gasteiger partial charge < -0.3 is 9.52 Å². The van der Waals surface area contributed by atoms with Crippen LogP contribution in [-0.4, -0.2) is 5.11 Å². The lowest BCUT2D eigenvalue weighted by Crippen LogP contribution is -2.13. The molecule has 3 aromatic carbocycles. The number of benzene rings is 3. The third kappa shape index (κ3) is 2.64. The third-order valence-electron chi connectivity index (χ3n) is 5.31. The van der Waals surface area contributed by atoms with Crippen LogP contribution in [-0.2, 0) is 0 Å². The normalized spacial score (nSPS) is 15.0. The van der Waals surface area contributed by atoms with Crippen LogP contribution < -0.4 is 5.43 Å². The number of allylic oxidation sites excluding steroid dienone is 1. The summed E-state index contributed by atoms with van der Waals surface area (Å²) < 4.78 is 6.23. The predicted molar refractivity (Wildman–Crippen MR) is 111 cm³/mol. The quantitative estimate of drug-likeness (QED) is 0.503. The van der Waals surface area contributed by atoms with Gasteiger partial charge in [-0.15, -0.1) is 0 Å². The van der Waals surface area contributed by atoms with Gasteiger partial charge in [0, 0.05) is 6.07 Å². The molecule has 0 spiro atoms. The molecule has 0 radical (unpaired) electrons. The zero-order chi connectivity index (χ0) is 20.0. The molecular weight excluding hydrogens is 362 g/mol. The molecule has 1 aromatic heterocycles. The van der Waals surface area contributed by atoms with Crippen molar-refractivity contribution >= 4 is 22.6 Å². The Balaban J connectivity index is 1.96. The molecule has 138 valence electrons. The van der Waals surface area contributed by atoms with Gasteiger partial charge in [0.25, 0.3) is 0 Å². The topological polar surface area (TPSA) is 74.2 Å². The molecule has 1 heterocycles. The molecule has 0 saturated heterocycles. The summed E-state index contributed by atoms with van der Waals surface area (Å²) in [4.78, 5) is 13.3. The molecule has 4 nitrogen and oxygen atoms in total. The molecular formula is C25H15NO3. The van der Waals surface area contributed by atoms with E-state index in [0.717, 1.165) is 16.7 Å². The first-order valence-corrected chi connectivity index (χ1v) is 9.23.